The summed E-state index contributed by atoms with van der Waals surface area (Å²) >= 11 is 0. The van der Waals surface area contributed by atoms with Crippen molar-refractivity contribution in [1.82, 2.24) is 9.80 Å². The van der Waals surface area contributed by atoms with Gasteiger partial charge in [0.05, 0.1) is 12.6 Å². The molecule has 24 heavy (non-hydrogen) atoms. The zero-order valence-electron chi connectivity index (χ0n) is 14.8. The van der Waals surface area contributed by atoms with Crippen LogP contribution in [0.4, 0.5) is 5.69 Å². The van der Waals surface area contributed by atoms with Gasteiger partial charge in [0, 0.05) is 31.9 Å². The first-order valence-electron chi connectivity index (χ1n) is 8.39. The van der Waals surface area contributed by atoms with E-state index in [1.807, 2.05) is 56.0 Å². The van der Waals surface area contributed by atoms with Gasteiger partial charge in [0.1, 0.15) is 0 Å². The van der Waals surface area contributed by atoms with Crippen LogP contribution in [0, 0.1) is 5.41 Å². The summed E-state index contributed by atoms with van der Waals surface area (Å²) in [6, 6.07) is 8.92. The van der Waals surface area contributed by atoms with Gasteiger partial charge in [-0.15, -0.1) is 0 Å². The number of nitrogens with one attached hydrogen (secondary N) is 1. The highest BCUT2D eigenvalue weighted by Gasteiger charge is 2.32. The second kappa shape index (κ2) is 7.77. The fraction of sp³-hybridized carbons (Fsp3) is 0.556. The molecule has 0 unspecified atom stereocenters. The summed E-state index contributed by atoms with van der Waals surface area (Å²) < 4.78 is 0. The van der Waals surface area contributed by atoms with Gasteiger partial charge in [0.15, 0.2) is 0 Å². The molecule has 1 atom stereocenters. The van der Waals surface area contributed by atoms with Crippen LogP contribution in [-0.2, 0) is 9.59 Å². The van der Waals surface area contributed by atoms with E-state index in [0.29, 0.717) is 32.7 Å². The molecule has 0 radical (unpaired) electrons. The van der Waals surface area contributed by atoms with Gasteiger partial charge in [-0.1, -0.05) is 39.0 Å². The van der Waals surface area contributed by atoms with Crippen LogP contribution in [0.3, 0.4) is 0 Å². The van der Waals surface area contributed by atoms with Crippen molar-refractivity contribution in [1.29, 1.82) is 0 Å². The number of carbonyl (C=O) groups excluding carboxylic acids is 2. The van der Waals surface area contributed by atoms with Crippen molar-refractivity contribution in [2.45, 2.75) is 26.8 Å². The molecule has 2 rings (SSSR count). The molecule has 1 fully saturated rings. The Balaban J connectivity index is 1.78. The van der Waals surface area contributed by atoms with Gasteiger partial charge in [-0.05, 0) is 17.5 Å². The van der Waals surface area contributed by atoms with Crippen LogP contribution in [0.5, 0.6) is 0 Å². The van der Waals surface area contributed by atoms with Gasteiger partial charge >= 0.3 is 0 Å². The molecular weight excluding hydrogens is 304 g/mol. The number of hydrogen-bond donors (Lipinski definition) is 2. The maximum absolute atomic E-state index is 12.4. The number of rotatable bonds is 4. The van der Waals surface area contributed by atoms with Crippen molar-refractivity contribution in [3.63, 3.8) is 0 Å². The van der Waals surface area contributed by atoms with E-state index in [0.717, 1.165) is 5.69 Å². The molecule has 6 nitrogen and oxygen atoms in total. The number of nitrogens with two attached hydrogens (primary N) is 1. The summed E-state index contributed by atoms with van der Waals surface area (Å²) in [4.78, 5) is 28.4. The van der Waals surface area contributed by atoms with Crippen LogP contribution in [0.2, 0.25) is 0 Å². The molecule has 1 aliphatic heterocycles. The first kappa shape index (κ1) is 18.4. The van der Waals surface area contributed by atoms with Crippen molar-refractivity contribution in [3.8, 4) is 0 Å². The molecule has 1 aromatic carbocycles. The summed E-state index contributed by atoms with van der Waals surface area (Å²) in [7, 11) is 0. The van der Waals surface area contributed by atoms with E-state index < -0.39 is 6.04 Å². The number of anilines is 1. The molecule has 1 heterocycles. The minimum absolute atomic E-state index is 0.00381. The second-order valence-corrected chi connectivity index (χ2v) is 7.36. The summed E-state index contributed by atoms with van der Waals surface area (Å²) in [5.41, 5.74) is 6.61. The van der Waals surface area contributed by atoms with Gasteiger partial charge in [0.25, 0.3) is 0 Å². The molecule has 1 aromatic rings. The van der Waals surface area contributed by atoms with Gasteiger partial charge < -0.3 is 16.0 Å². The van der Waals surface area contributed by atoms with E-state index >= 15 is 0 Å². The van der Waals surface area contributed by atoms with E-state index in [-0.39, 0.29) is 17.2 Å². The molecule has 1 aliphatic rings. The standard InChI is InChI=1S/C18H28N4O2/c1-18(2,3)16(19)17(24)22-11-9-21(10-12-22)13-15(23)20-14-7-5-4-6-8-14/h4-8,16H,9-13,19H2,1-3H3,(H,20,23)/t16-/m1/s1. The zero-order chi connectivity index (χ0) is 17.7. The van der Waals surface area contributed by atoms with Gasteiger partial charge in [-0.3, -0.25) is 14.5 Å². The Bertz CT molecular complexity index is 560. The zero-order valence-corrected chi connectivity index (χ0v) is 14.8. The highest BCUT2D eigenvalue weighted by molar-refractivity contribution is 5.92. The highest BCUT2D eigenvalue weighted by Crippen LogP contribution is 2.19. The molecule has 0 saturated carbocycles. The molecule has 0 spiro atoms. The average Bonchev–Trinajstić information content (AvgIpc) is 2.54. The number of para-hydroxylation sites is 1. The van der Waals surface area contributed by atoms with Crippen molar-refractivity contribution in [2.75, 3.05) is 38.0 Å². The highest BCUT2D eigenvalue weighted by atomic mass is 16.2. The first-order chi connectivity index (χ1) is 11.3. The van der Waals surface area contributed by atoms with E-state index in [2.05, 4.69) is 10.2 Å². The van der Waals surface area contributed by atoms with E-state index in [4.69, 9.17) is 5.73 Å². The van der Waals surface area contributed by atoms with E-state index in [1.165, 1.54) is 0 Å². The number of amides is 2. The van der Waals surface area contributed by atoms with Gasteiger partial charge in [0.2, 0.25) is 11.8 Å². The summed E-state index contributed by atoms with van der Waals surface area (Å²) in [5.74, 6) is -0.0387. The summed E-state index contributed by atoms with van der Waals surface area (Å²) in [5, 5.41) is 2.88. The molecule has 2 amide bonds. The first-order valence-corrected chi connectivity index (χ1v) is 8.39. The number of nitrogens with zero attached hydrogens (tertiary/aromatic N) is 2. The smallest absolute Gasteiger partial charge is 0.240 e. The van der Waals surface area contributed by atoms with Crippen LogP contribution in [0.25, 0.3) is 0 Å². The minimum Gasteiger partial charge on any atom is -0.339 e. The van der Waals surface area contributed by atoms with Crippen molar-refractivity contribution in [2.24, 2.45) is 11.1 Å². The lowest BCUT2D eigenvalue weighted by molar-refractivity contribution is -0.136. The van der Waals surface area contributed by atoms with Crippen LogP contribution in [0.1, 0.15) is 20.8 Å². The molecule has 1 saturated heterocycles. The fourth-order valence-corrected chi connectivity index (χ4v) is 2.62. The van der Waals surface area contributed by atoms with E-state index in [1.54, 1.807) is 0 Å². The molecule has 0 aromatic heterocycles. The molecule has 132 valence electrons. The second-order valence-electron chi connectivity index (χ2n) is 7.36. The predicted octanol–water partition coefficient (Wildman–Crippen LogP) is 1.14. The Morgan fingerprint density at radius 1 is 1.12 bits per heavy atom. The lowest BCUT2D eigenvalue weighted by atomic mass is 9.86. The largest absolute Gasteiger partial charge is 0.339 e. The average molecular weight is 332 g/mol. The van der Waals surface area contributed by atoms with Gasteiger partial charge in [-0.25, -0.2) is 0 Å². The number of piperazine rings is 1. The molecular formula is C18H28N4O2. The maximum atomic E-state index is 12.4. The van der Waals surface area contributed by atoms with Crippen molar-refractivity contribution in [3.05, 3.63) is 30.3 Å². The Kier molecular flexibility index (Phi) is 5.96. The molecule has 3 N–H and O–H groups in total. The monoisotopic (exact) mass is 332 g/mol. The van der Waals surface area contributed by atoms with Crippen molar-refractivity contribution < 1.29 is 9.59 Å². The maximum Gasteiger partial charge on any atom is 0.240 e. The molecule has 0 aliphatic carbocycles. The Labute approximate surface area is 144 Å². The quantitative estimate of drug-likeness (QED) is 0.867. The topological polar surface area (TPSA) is 78.7 Å². The number of carbonyl (C=O) groups is 2. The van der Waals surface area contributed by atoms with Gasteiger partial charge in [-0.2, -0.15) is 0 Å². The summed E-state index contributed by atoms with van der Waals surface area (Å²) in [6.45, 7) is 8.85. The lowest BCUT2D eigenvalue weighted by Crippen LogP contribution is -2.56. The third-order valence-corrected chi connectivity index (χ3v) is 4.31. The van der Waals surface area contributed by atoms with Crippen LogP contribution < -0.4 is 11.1 Å². The Morgan fingerprint density at radius 3 is 2.25 bits per heavy atom. The molecule has 6 heteroatoms. The predicted molar refractivity (Wildman–Crippen MR) is 95.5 cm³/mol. The third-order valence-electron chi connectivity index (χ3n) is 4.31. The number of benzene rings is 1. The molecule has 0 bridgehead atoms. The number of hydrogen-bond acceptors (Lipinski definition) is 4. The minimum atomic E-state index is -0.495. The lowest BCUT2D eigenvalue weighted by Gasteiger charge is -2.37. The Hall–Kier alpha value is -1.92. The fourth-order valence-electron chi connectivity index (χ4n) is 2.62. The van der Waals surface area contributed by atoms with E-state index in [9.17, 15) is 9.59 Å². The third kappa shape index (κ3) is 5.04. The van der Waals surface area contributed by atoms with Crippen LogP contribution in [-0.4, -0.2) is 60.4 Å². The SMILES string of the molecule is CC(C)(C)[C@H](N)C(=O)N1CCN(CC(=O)Nc2ccccc2)CC1. The van der Waals surface area contributed by atoms with Crippen LogP contribution in [0.15, 0.2) is 30.3 Å². The van der Waals surface area contributed by atoms with Crippen LogP contribution >= 0.6 is 0 Å². The van der Waals surface area contributed by atoms with Crippen molar-refractivity contribution >= 4 is 17.5 Å². The normalized spacial score (nSPS) is 17.4. The Morgan fingerprint density at radius 2 is 1.71 bits per heavy atom. The summed E-state index contributed by atoms with van der Waals surface area (Å²) in [6.07, 6.45) is 0.